The number of nitrogens with zero attached hydrogens (tertiary/aromatic N) is 2. The van der Waals surface area contributed by atoms with Crippen LogP contribution in [0.15, 0.2) is 0 Å². The van der Waals surface area contributed by atoms with Crippen LogP contribution in [0.2, 0.25) is 12.1 Å². The Bertz CT molecular complexity index is 382. The molecule has 0 heterocycles. The molecule has 0 amide bonds. The van der Waals surface area contributed by atoms with E-state index in [9.17, 15) is 0 Å². The van der Waals surface area contributed by atoms with Gasteiger partial charge < -0.3 is 9.13 Å². The van der Waals surface area contributed by atoms with Crippen molar-refractivity contribution >= 4 is 19.4 Å². The van der Waals surface area contributed by atoms with E-state index < -0.39 is 0 Å². The predicted octanol–water partition coefficient (Wildman–Crippen LogP) is 5.15. The molecule has 4 aliphatic rings. The van der Waals surface area contributed by atoms with E-state index in [2.05, 4.69) is 9.13 Å². The summed E-state index contributed by atoms with van der Waals surface area (Å²) in [7, 11) is -0.000902. The molecule has 0 N–H and O–H groups in total. The molecule has 0 radical (unpaired) electrons. The fourth-order valence-corrected chi connectivity index (χ4v) is 12.7. The first-order valence-electron chi connectivity index (χ1n) is 13.4. The quantitative estimate of drug-likeness (QED) is 0.376. The molecule has 0 spiro atoms. The summed E-state index contributed by atoms with van der Waals surface area (Å²) in [5.74, 6) is 0. The van der Waals surface area contributed by atoms with Crippen molar-refractivity contribution in [2.45, 2.75) is 152 Å². The molecule has 0 atom stereocenters. The third-order valence-corrected chi connectivity index (χ3v) is 14.5. The molecule has 4 rings (SSSR count). The molecule has 28 heavy (non-hydrogen) atoms. The van der Waals surface area contributed by atoms with Crippen LogP contribution < -0.4 is 0 Å². The van der Waals surface area contributed by atoms with Crippen LogP contribution in [-0.2, 0) is 0 Å². The Kier molecular flexibility index (Phi) is 8.99. The number of hydrogen-bond donors (Lipinski definition) is 0. The lowest BCUT2D eigenvalue weighted by Gasteiger charge is -2.40. The number of hydrogen-bond acceptors (Lipinski definition) is 2. The zero-order chi connectivity index (χ0) is 19.0. The third kappa shape index (κ3) is 5.95. The van der Waals surface area contributed by atoms with Gasteiger partial charge in [0.2, 0.25) is 0 Å². The highest BCUT2D eigenvalue weighted by Crippen LogP contribution is 2.32. The van der Waals surface area contributed by atoms with E-state index in [-0.39, 0.29) is 19.4 Å². The first-order valence-corrected chi connectivity index (χ1v) is 16.7. The summed E-state index contributed by atoms with van der Waals surface area (Å²) in [5, 5.41) is 0. The molecule has 0 unspecified atom stereocenters. The molecule has 0 bridgehead atoms. The second-order valence-corrected chi connectivity index (χ2v) is 14.4. The maximum absolute atomic E-state index is 3.18. The van der Waals surface area contributed by atoms with E-state index in [1.54, 1.807) is 12.1 Å². The Balaban J connectivity index is 1.27. The van der Waals surface area contributed by atoms with Gasteiger partial charge in [-0.15, -0.1) is 0 Å². The Hall–Kier alpha value is 0.354. The van der Waals surface area contributed by atoms with Crippen LogP contribution in [0.1, 0.15) is 116 Å². The van der Waals surface area contributed by atoms with Crippen molar-refractivity contribution < 1.29 is 0 Å². The van der Waals surface area contributed by atoms with Crippen molar-refractivity contribution in [2.75, 3.05) is 0 Å². The fraction of sp³-hybridized carbons (Fsp3) is 1.00. The van der Waals surface area contributed by atoms with E-state index in [4.69, 9.17) is 0 Å². The van der Waals surface area contributed by atoms with Gasteiger partial charge in [0.25, 0.3) is 0 Å². The normalized spacial score (nSPS) is 27.6. The lowest BCUT2D eigenvalue weighted by molar-refractivity contribution is 0.202. The van der Waals surface area contributed by atoms with Gasteiger partial charge in [-0.05, 0) is 51.4 Å². The van der Waals surface area contributed by atoms with Crippen LogP contribution in [-0.4, -0.2) is 52.7 Å². The number of rotatable bonds is 9. The van der Waals surface area contributed by atoms with Gasteiger partial charge in [-0.1, -0.05) is 76.3 Å². The largest absolute Gasteiger partial charge is 0.324 e. The van der Waals surface area contributed by atoms with Gasteiger partial charge in [-0.2, -0.15) is 0 Å². The summed E-state index contributed by atoms with van der Waals surface area (Å²) < 4.78 is 6.36. The molecule has 162 valence electrons. The fourth-order valence-electron chi connectivity index (χ4n) is 7.21. The molecular weight excluding hydrogens is 372 g/mol. The minimum Gasteiger partial charge on any atom is -0.324 e. The second-order valence-electron chi connectivity index (χ2n) is 10.6. The summed E-state index contributed by atoms with van der Waals surface area (Å²) in [5.41, 5.74) is 0. The van der Waals surface area contributed by atoms with Crippen molar-refractivity contribution in [3.05, 3.63) is 0 Å². The van der Waals surface area contributed by atoms with E-state index in [1.165, 1.54) is 116 Å². The van der Waals surface area contributed by atoms with Crippen LogP contribution >= 0.6 is 0 Å². The van der Waals surface area contributed by atoms with Gasteiger partial charge in [0, 0.05) is 24.2 Å². The lowest BCUT2D eigenvalue weighted by atomic mass is 9.94. The summed E-state index contributed by atoms with van der Waals surface area (Å²) in [4.78, 5) is 0. The third-order valence-electron chi connectivity index (χ3n) is 8.76. The molecule has 4 aliphatic carbocycles. The van der Waals surface area contributed by atoms with E-state index in [0.717, 1.165) is 24.2 Å². The predicted molar refractivity (Wildman–Crippen MR) is 129 cm³/mol. The van der Waals surface area contributed by atoms with Gasteiger partial charge in [-0.25, -0.2) is 0 Å². The van der Waals surface area contributed by atoms with Gasteiger partial charge >= 0.3 is 0 Å². The van der Waals surface area contributed by atoms with Gasteiger partial charge in [0.15, 0.2) is 0 Å². The highest BCUT2D eigenvalue weighted by molar-refractivity contribution is 6.39. The van der Waals surface area contributed by atoms with Crippen molar-refractivity contribution in [3.63, 3.8) is 0 Å². The topological polar surface area (TPSA) is 6.48 Å². The summed E-state index contributed by atoms with van der Waals surface area (Å²) in [6.45, 7) is 0. The smallest absolute Gasteiger partial charge is 0.0954 e. The molecule has 4 heteroatoms. The minimum atomic E-state index is -0.000451. The van der Waals surface area contributed by atoms with Crippen molar-refractivity contribution in [3.8, 4) is 0 Å². The van der Waals surface area contributed by atoms with E-state index >= 15 is 0 Å². The van der Waals surface area contributed by atoms with Gasteiger partial charge in [0.1, 0.15) is 0 Å². The Morgan fingerprint density at radius 1 is 0.393 bits per heavy atom. The van der Waals surface area contributed by atoms with Crippen molar-refractivity contribution in [1.29, 1.82) is 0 Å². The maximum atomic E-state index is 3.18. The summed E-state index contributed by atoms with van der Waals surface area (Å²) >= 11 is 0. The monoisotopic (exact) mass is 420 g/mol. The maximum Gasteiger partial charge on any atom is 0.0954 e. The highest BCUT2D eigenvalue weighted by Gasteiger charge is 2.31. The molecule has 4 fully saturated rings. The summed E-state index contributed by atoms with van der Waals surface area (Å²) in [6, 6.07) is 7.34. The molecule has 0 aromatic rings. The minimum absolute atomic E-state index is 0.000451. The Morgan fingerprint density at radius 2 is 0.643 bits per heavy atom. The van der Waals surface area contributed by atoms with Gasteiger partial charge in [0.05, 0.1) is 19.4 Å². The second kappa shape index (κ2) is 11.7. The first kappa shape index (κ1) is 21.6. The van der Waals surface area contributed by atoms with Crippen LogP contribution in [0, 0.1) is 0 Å². The highest BCUT2D eigenvalue weighted by atomic mass is 28.2. The van der Waals surface area contributed by atoms with Crippen LogP contribution in [0.3, 0.4) is 0 Å². The lowest BCUT2D eigenvalue weighted by Crippen LogP contribution is -2.47. The zero-order valence-electron chi connectivity index (χ0n) is 18.8. The molecule has 0 aliphatic heterocycles. The first-order chi connectivity index (χ1) is 13.9. The van der Waals surface area contributed by atoms with Gasteiger partial charge in [-0.3, -0.25) is 0 Å². The molecule has 0 saturated heterocycles. The Morgan fingerprint density at radius 3 is 0.929 bits per heavy atom. The molecule has 4 saturated carbocycles. The molecule has 0 aromatic heterocycles. The zero-order valence-corrected chi connectivity index (χ0v) is 21.6. The standard InChI is InChI=1S/C24H48N2Si2/c1-3-11-21(12-4-1)25(23-15-7-8-16-23)27-19-20-28-26(24-17-9-10-18-24)22-13-5-2-6-14-22/h21-24H,1-20,27-28H2. The molecule has 2 nitrogen and oxygen atoms in total. The molecular formula is C24H48N2Si2. The van der Waals surface area contributed by atoms with Crippen LogP contribution in [0.5, 0.6) is 0 Å². The van der Waals surface area contributed by atoms with Crippen molar-refractivity contribution in [1.82, 2.24) is 9.13 Å². The van der Waals surface area contributed by atoms with E-state index in [1.807, 2.05) is 0 Å². The summed E-state index contributed by atoms with van der Waals surface area (Å²) in [6.07, 6.45) is 27.5. The average Bonchev–Trinajstić information content (AvgIpc) is 3.46. The van der Waals surface area contributed by atoms with Crippen LogP contribution in [0.25, 0.3) is 0 Å². The SMILES string of the molecule is C1CCC(N([SiH2]CC[SiH2]N(C2CCCCC2)C2CCCC2)C2CCCC2)CC1. The van der Waals surface area contributed by atoms with E-state index in [0.29, 0.717) is 0 Å². The average molecular weight is 421 g/mol. The Labute approximate surface area is 180 Å². The van der Waals surface area contributed by atoms with Crippen molar-refractivity contribution in [2.24, 2.45) is 0 Å². The van der Waals surface area contributed by atoms with Crippen LogP contribution in [0.4, 0.5) is 0 Å². The molecule has 0 aromatic carbocycles.